The zero-order valence-electron chi connectivity index (χ0n) is 10.4. The molecule has 0 spiro atoms. The van der Waals surface area contributed by atoms with E-state index in [2.05, 4.69) is 0 Å². The Balaban J connectivity index is 2.32. The van der Waals surface area contributed by atoms with Crippen LogP contribution in [0.5, 0.6) is 0 Å². The van der Waals surface area contributed by atoms with Crippen LogP contribution < -0.4 is 0 Å². The fraction of sp³-hybridized carbons (Fsp3) is 0.500. The van der Waals surface area contributed by atoms with Crippen molar-refractivity contribution < 1.29 is 17.5 Å². The lowest BCUT2D eigenvalue weighted by Crippen LogP contribution is -2.44. The van der Waals surface area contributed by atoms with E-state index in [0.29, 0.717) is 25.3 Å². The van der Waals surface area contributed by atoms with E-state index >= 15 is 0 Å². The highest BCUT2D eigenvalue weighted by Gasteiger charge is 2.29. The van der Waals surface area contributed by atoms with Gasteiger partial charge in [0.15, 0.2) is 0 Å². The molecule has 0 aromatic heterocycles. The number of ether oxygens (including phenoxy) is 1. The number of benzene rings is 1. The summed E-state index contributed by atoms with van der Waals surface area (Å²) in [4.78, 5) is 0.135. The van der Waals surface area contributed by atoms with Crippen molar-refractivity contribution in [1.29, 1.82) is 0 Å². The Morgan fingerprint density at radius 1 is 1.44 bits per heavy atom. The van der Waals surface area contributed by atoms with Crippen molar-refractivity contribution in [2.24, 2.45) is 0 Å². The van der Waals surface area contributed by atoms with Crippen LogP contribution in [0.3, 0.4) is 0 Å². The highest BCUT2D eigenvalue weighted by molar-refractivity contribution is 7.89. The first-order valence-electron chi connectivity index (χ1n) is 5.79. The molecule has 1 atom stereocenters. The predicted molar refractivity (Wildman–Crippen MR) is 65.3 cm³/mol. The molecule has 0 N–H and O–H groups in total. The second kappa shape index (κ2) is 4.95. The summed E-state index contributed by atoms with van der Waals surface area (Å²) in [7, 11) is -3.55. The summed E-state index contributed by atoms with van der Waals surface area (Å²) in [5.41, 5.74) is 0.331. The number of nitrogens with zero attached hydrogens (tertiary/aromatic N) is 1. The lowest BCUT2D eigenvalue weighted by molar-refractivity contribution is 0.0102. The minimum Gasteiger partial charge on any atom is -0.376 e. The third kappa shape index (κ3) is 2.55. The van der Waals surface area contributed by atoms with Crippen LogP contribution in [0.2, 0.25) is 0 Å². The maximum absolute atomic E-state index is 13.2. The molecule has 1 heterocycles. The quantitative estimate of drug-likeness (QED) is 0.821. The van der Waals surface area contributed by atoms with E-state index in [1.165, 1.54) is 22.5 Å². The van der Waals surface area contributed by atoms with Crippen LogP contribution in [0.15, 0.2) is 23.1 Å². The van der Waals surface area contributed by atoms with Crippen molar-refractivity contribution in [2.45, 2.75) is 24.8 Å². The smallest absolute Gasteiger partial charge is 0.243 e. The second-order valence-corrected chi connectivity index (χ2v) is 6.39. The molecule has 0 bridgehead atoms. The van der Waals surface area contributed by atoms with Gasteiger partial charge in [-0.3, -0.25) is 0 Å². The average molecular weight is 273 g/mol. The van der Waals surface area contributed by atoms with Gasteiger partial charge >= 0.3 is 0 Å². The molecule has 0 unspecified atom stereocenters. The van der Waals surface area contributed by atoms with E-state index in [1.807, 2.05) is 6.92 Å². The molecule has 4 nitrogen and oxygen atoms in total. The van der Waals surface area contributed by atoms with E-state index in [-0.39, 0.29) is 11.0 Å². The molecule has 1 aromatic rings. The van der Waals surface area contributed by atoms with Gasteiger partial charge in [0.1, 0.15) is 5.82 Å². The fourth-order valence-electron chi connectivity index (χ4n) is 1.93. The Morgan fingerprint density at radius 3 is 2.78 bits per heavy atom. The third-order valence-corrected chi connectivity index (χ3v) is 4.83. The van der Waals surface area contributed by atoms with E-state index in [4.69, 9.17) is 4.74 Å². The molecule has 1 aliphatic heterocycles. The first-order valence-corrected chi connectivity index (χ1v) is 7.23. The van der Waals surface area contributed by atoms with Gasteiger partial charge in [0.05, 0.1) is 17.6 Å². The Labute approximate surface area is 106 Å². The van der Waals surface area contributed by atoms with Gasteiger partial charge in [-0.2, -0.15) is 4.31 Å². The van der Waals surface area contributed by atoms with Gasteiger partial charge in [0.25, 0.3) is 0 Å². The largest absolute Gasteiger partial charge is 0.376 e. The van der Waals surface area contributed by atoms with E-state index < -0.39 is 15.8 Å². The molecule has 1 fully saturated rings. The number of sulfonamides is 1. The molecule has 100 valence electrons. The highest BCUT2D eigenvalue weighted by atomic mass is 32.2. The molecular weight excluding hydrogens is 257 g/mol. The lowest BCUT2D eigenvalue weighted by atomic mass is 10.2. The SMILES string of the molecule is Cc1cc(S(=O)(=O)N2CCO[C@H](C)C2)ccc1F. The van der Waals surface area contributed by atoms with Gasteiger partial charge in [-0.25, -0.2) is 12.8 Å². The van der Waals surface area contributed by atoms with Gasteiger partial charge in [0, 0.05) is 13.1 Å². The van der Waals surface area contributed by atoms with Crippen molar-refractivity contribution in [3.05, 3.63) is 29.6 Å². The standard InChI is InChI=1S/C12H16FNO3S/c1-9-7-11(3-4-12(9)13)18(15,16)14-5-6-17-10(2)8-14/h3-4,7,10H,5-6,8H2,1-2H3/t10-/m1/s1. The van der Waals surface area contributed by atoms with Crippen molar-refractivity contribution in [3.8, 4) is 0 Å². The maximum atomic E-state index is 13.2. The molecule has 6 heteroatoms. The molecule has 1 aromatic carbocycles. The molecule has 0 saturated carbocycles. The summed E-state index contributed by atoms with van der Waals surface area (Å²) in [5, 5.41) is 0. The van der Waals surface area contributed by atoms with Crippen LogP contribution in [0.1, 0.15) is 12.5 Å². The minimum atomic E-state index is -3.55. The zero-order chi connectivity index (χ0) is 13.3. The number of rotatable bonds is 2. The monoisotopic (exact) mass is 273 g/mol. The molecule has 2 rings (SSSR count). The Morgan fingerprint density at radius 2 is 2.17 bits per heavy atom. The minimum absolute atomic E-state index is 0.116. The first kappa shape index (κ1) is 13.5. The normalized spacial score (nSPS) is 22.1. The summed E-state index contributed by atoms with van der Waals surface area (Å²) in [6.45, 7) is 4.44. The van der Waals surface area contributed by atoms with Crippen molar-refractivity contribution >= 4 is 10.0 Å². The van der Waals surface area contributed by atoms with Gasteiger partial charge in [0.2, 0.25) is 10.0 Å². The van der Waals surface area contributed by atoms with Crippen LogP contribution in [0.4, 0.5) is 4.39 Å². The summed E-state index contributed by atoms with van der Waals surface area (Å²) in [6.07, 6.45) is -0.116. The predicted octanol–water partition coefficient (Wildman–Crippen LogP) is 1.54. The number of aryl methyl sites for hydroxylation is 1. The van der Waals surface area contributed by atoms with Crippen LogP contribution in [0.25, 0.3) is 0 Å². The Bertz CT molecular complexity index is 544. The van der Waals surface area contributed by atoms with Gasteiger partial charge in [-0.15, -0.1) is 0 Å². The maximum Gasteiger partial charge on any atom is 0.243 e. The highest BCUT2D eigenvalue weighted by Crippen LogP contribution is 2.20. The third-order valence-electron chi connectivity index (χ3n) is 2.97. The Hall–Kier alpha value is -0.980. The van der Waals surface area contributed by atoms with Crippen LogP contribution in [0, 0.1) is 12.7 Å². The second-order valence-electron chi connectivity index (χ2n) is 4.46. The molecule has 0 amide bonds. The Kier molecular flexibility index (Phi) is 3.70. The van der Waals surface area contributed by atoms with E-state index in [9.17, 15) is 12.8 Å². The lowest BCUT2D eigenvalue weighted by Gasteiger charge is -2.30. The molecule has 0 aliphatic carbocycles. The van der Waals surface area contributed by atoms with Crippen molar-refractivity contribution in [3.63, 3.8) is 0 Å². The molecular formula is C12H16FNO3S. The molecule has 1 saturated heterocycles. The van der Waals surface area contributed by atoms with Gasteiger partial charge in [-0.05, 0) is 37.6 Å². The summed E-state index contributed by atoms with van der Waals surface area (Å²) < 4.78 is 44.5. The van der Waals surface area contributed by atoms with Gasteiger partial charge in [-0.1, -0.05) is 0 Å². The molecule has 0 radical (unpaired) electrons. The zero-order valence-corrected chi connectivity index (χ0v) is 11.2. The summed E-state index contributed by atoms with van der Waals surface area (Å²) in [5.74, 6) is -0.399. The topological polar surface area (TPSA) is 46.6 Å². The van der Waals surface area contributed by atoms with Crippen molar-refractivity contribution in [1.82, 2.24) is 4.31 Å². The number of halogens is 1. The number of hydrogen-bond acceptors (Lipinski definition) is 3. The van der Waals surface area contributed by atoms with Gasteiger partial charge < -0.3 is 4.74 Å². The van der Waals surface area contributed by atoms with E-state index in [1.54, 1.807) is 6.92 Å². The van der Waals surface area contributed by atoms with Crippen molar-refractivity contribution in [2.75, 3.05) is 19.7 Å². The van der Waals surface area contributed by atoms with E-state index in [0.717, 1.165) is 0 Å². The van der Waals surface area contributed by atoms with Crippen LogP contribution in [-0.2, 0) is 14.8 Å². The van der Waals surface area contributed by atoms with Crippen LogP contribution >= 0.6 is 0 Å². The fourth-order valence-corrected chi connectivity index (χ4v) is 3.52. The van der Waals surface area contributed by atoms with Crippen LogP contribution in [-0.4, -0.2) is 38.5 Å². The number of morpholine rings is 1. The number of hydrogen-bond donors (Lipinski definition) is 0. The average Bonchev–Trinajstić information content (AvgIpc) is 2.32. The summed E-state index contributed by atoms with van der Waals surface area (Å²) in [6, 6.07) is 3.86. The molecule has 18 heavy (non-hydrogen) atoms. The summed E-state index contributed by atoms with van der Waals surface area (Å²) >= 11 is 0. The first-order chi connectivity index (χ1) is 8.41. The molecule has 1 aliphatic rings.